The van der Waals surface area contributed by atoms with E-state index in [2.05, 4.69) is 55.3 Å². The number of hydrogen-bond acceptors (Lipinski definition) is 3. The van der Waals surface area contributed by atoms with E-state index in [-0.39, 0.29) is 0 Å². The Bertz CT molecular complexity index is 1360. The number of alkyl halides is 3. The third-order valence-corrected chi connectivity index (χ3v) is 6.44. The van der Waals surface area contributed by atoms with Gasteiger partial charge in [-0.3, -0.25) is 0 Å². The molecular formula is C33H36F3N3. The van der Waals surface area contributed by atoms with Crippen LogP contribution >= 0.6 is 0 Å². The molecule has 0 saturated carbocycles. The summed E-state index contributed by atoms with van der Waals surface area (Å²) in [4.78, 5) is 0. The van der Waals surface area contributed by atoms with Gasteiger partial charge in [0, 0.05) is 30.2 Å². The minimum Gasteiger partial charge on any atom is -0.399 e. The molecule has 0 amide bonds. The molecule has 0 bridgehead atoms. The highest BCUT2D eigenvalue weighted by molar-refractivity contribution is 5.78. The fourth-order valence-corrected chi connectivity index (χ4v) is 4.04. The molecular weight excluding hydrogens is 495 g/mol. The number of halogens is 3. The summed E-state index contributed by atoms with van der Waals surface area (Å²) in [5, 5.41) is 6.62. The molecule has 0 radical (unpaired) electrons. The molecule has 0 fully saturated rings. The second-order valence-corrected chi connectivity index (χ2v) is 9.38. The lowest BCUT2D eigenvalue weighted by Crippen LogP contribution is -2.13. The molecule has 0 aliphatic carbocycles. The van der Waals surface area contributed by atoms with Crippen molar-refractivity contribution in [2.45, 2.75) is 46.5 Å². The van der Waals surface area contributed by atoms with E-state index >= 15 is 0 Å². The van der Waals surface area contributed by atoms with Gasteiger partial charge in [0.15, 0.2) is 0 Å². The highest BCUT2D eigenvalue weighted by Crippen LogP contribution is 2.31. The zero-order chi connectivity index (χ0) is 28.4. The summed E-state index contributed by atoms with van der Waals surface area (Å²) in [5.41, 5.74) is 14.0. The van der Waals surface area contributed by atoms with E-state index < -0.39 is 11.7 Å². The van der Waals surface area contributed by atoms with Crippen LogP contribution in [0.4, 0.5) is 18.9 Å². The molecule has 204 valence electrons. The Morgan fingerprint density at radius 2 is 1.59 bits per heavy atom. The number of nitrogens with one attached hydrogen (secondary N) is 2. The molecule has 0 saturated heterocycles. The van der Waals surface area contributed by atoms with Gasteiger partial charge < -0.3 is 16.4 Å². The van der Waals surface area contributed by atoms with Crippen molar-refractivity contribution in [3.05, 3.63) is 142 Å². The average molecular weight is 532 g/mol. The van der Waals surface area contributed by atoms with Gasteiger partial charge in [0.25, 0.3) is 0 Å². The van der Waals surface area contributed by atoms with Crippen LogP contribution in [0.25, 0.3) is 5.57 Å². The van der Waals surface area contributed by atoms with E-state index in [0.717, 1.165) is 52.1 Å². The molecule has 0 unspecified atom stereocenters. The number of benzene rings is 3. The maximum absolute atomic E-state index is 13.0. The molecule has 0 aromatic heterocycles. The van der Waals surface area contributed by atoms with Crippen molar-refractivity contribution in [1.82, 2.24) is 5.32 Å². The van der Waals surface area contributed by atoms with Gasteiger partial charge in [-0.15, -0.1) is 0 Å². The van der Waals surface area contributed by atoms with Crippen molar-refractivity contribution < 1.29 is 13.2 Å². The zero-order valence-electron chi connectivity index (χ0n) is 22.7. The maximum atomic E-state index is 13.0. The number of hydrogen-bond donors (Lipinski definition) is 3. The predicted molar refractivity (Wildman–Crippen MR) is 157 cm³/mol. The summed E-state index contributed by atoms with van der Waals surface area (Å²) in [5.74, 6) is 0. The molecule has 3 nitrogen and oxygen atoms in total. The van der Waals surface area contributed by atoms with Crippen LogP contribution in [-0.2, 0) is 19.3 Å². The monoisotopic (exact) mass is 531 g/mol. The standard InChI is InChI=1S/C33H36F3N3/c1-5-29(19-27(18-24(4)32(37)6-2)31-13-8-7-10-23(31)3)38-21-25-14-16-26(17-15-25)22-39-30-12-9-11-28(20-30)33(34,35)36/h6-20,38-39H,2,5,21-22,37H2,1,3-4H3/b27-18+,29-19+,32-24-. The second kappa shape index (κ2) is 13.6. The van der Waals surface area contributed by atoms with Gasteiger partial charge in [0.05, 0.1) is 5.56 Å². The lowest BCUT2D eigenvalue weighted by atomic mass is 9.97. The van der Waals surface area contributed by atoms with E-state index in [1.807, 2.05) is 43.3 Å². The van der Waals surface area contributed by atoms with Crippen LogP contribution in [0.3, 0.4) is 0 Å². The summed E-state index contributed by atoms with van der Waals surface area (Å²) >= 11 is 0. The van der Waals surface area contributed by atoms with Gasteiger partial charge >= 0.3 is 6.18 Å². The topological polar surface area (TPSA) is 50.1 Å². The van der Waals surface area contributed by atoms with Crippen LogP contribution in [0.5, 0.6) is 0 Å². The molecule has 3 aromatic rings. The first-order valence-electron chi connectivity index (χ1n) is 12.9. The van der Waals surface area contributed by atoms with Gasteiger partial charge in [-0.05, 0) is 90.1 Å². The van der Waals surface area contributed by atoms with Crippen molar-refractivity contribution in [2.75, 3.05) is 5.32 Å². The third-order valence-electron chi connectivity index (χ3n) is 6.44. The third kappa shape index (κ3) is 8.67. The number of allylic oxidation sites excluding steroid dienone is 6. The average Bonchev–Trinajstić information content (AvgIpc) is 2.93. The van der Waals surface area contributed by atoms with Crippen LogP contribution in [0.1, 0.15) is 48.1 Å². The number of aryl methyl sites for hydroxylation is 1. The Labute approximate surface area is 229 Å². The summed E-state index contributed by atoms with van der Waals surface area (Å²) in [6, 6.07) is 21.5. The van der Waals surface area contributed by atoms with Crippen molar-refractivity contribution in [1.29, 1.82) is 0 Å². The van der Waals surface area contributed by atoms with Gasteiger partial charge in [-0.1, -0.05) is 68.1 Å². The molecule has 0 aliphatic heterocycles. The molecule has 4 N–H and O–H groups in total. The lowest BCUT2D eigenvalue weighted by molar-refractivity contribution is -0.137. The Morgan fingerprint density at radius 1 is 0.923 bits per heavy atom. The Balaban J connectivity index is 1.70. The fourth-order valence-electron chi connectivity index (χ4n) is 4.04. The Hall–Kier alpha value is -4.19. The van der Waals surface area contributed by atoms with E-state index in [4.69, 9.17) is 5.73 Å². The van der Waals surface area contributed by atoms with E-state index in [9.17, 15) is 13.2 Å². The maximum Gasteiger partial charge on any atom is 0.416 e. The quantitative estimate of drug-likeness (QED) is 0.217. The summed E-state index contributed by atoms with van der Waals surface area (Å²) < 4.78 is 38.9. The van der Waals surface area contributed by atoms with Crippen LogP contribution in [0, 0.1) is 6.92 Å². The van der Waals surface area contributed by atoms with Crippen LogP contribution in [-0.4, -0.2) is 0 Å². The SMILES string of the molecule is C=C/C(N)=C(C)/C=C(\C=C(/CC)NCc1ccc(CNc2cccc(C(F)(F)F)c2)cc1)c1ccccc1C. The largest absolute Gasteiger partial charge is 0.416 e. The molecule has 0 spiro atoms. The minimum absolute atomic E-state index is 0.431. The van der Waals surface area contributed by atoms with Crippen molar-refractivity contribution in [3.63, 3.8) is 0 Å². The second-order valence-electron chi connectivity index (χ2n) is 9.38. The normalized spacial score (nSPS) is 13.1. The van der Waals surface area contributed by atoms with Gasteiger partial charge in [-0.25, -0.2) is 0 Å². The summed E-state index contributed by atoms with van der Waals surface area (Å²) in [7, 11) is 0. The first-order chi connectivity index (χ1) is 18.6. The van der Waals surface area contributed by atoms with Crippen LogP contribution in [0.2, 0.25) is 0 Å². The van der Waals surface area contributed by atoms with Gasteiger partial charge in [0.1, 0.15) is 0 Å². The van der Waals surface area contributed by atoms with E-state index in [1.54, 1.807) is 12.1 Å². The molecule has 3 aromatic carbocycles. The first kappa shape index (κ1) is 29.4. The Kier molecular flexibility index (Phi) is 10.2. The van der Waals surface area contributed by atoms with Gasteiger partial charge in [0.2, 0.25) is 0 Å². The number of nitrogens with two attached hydrogens (primary N) is 1. The highest BCUT2D eigenvalue weighted by Gasteiger charge is 2.30. The van der Waals surface area contributed by atoms with Crippen LogP contribution in [0.15, 0.2) is 115 Å². The summed E-state index contributed by atoms with van der Waals surface area (Å²) in [6.07, 6.45) is 2.37. The highest BCUT2D eigenvalue weighted by atomic mass is 19.4. The fraction of sp³-hybridized carbons (Fsp3) is 0.212. The zero-order valence-corrected chi connectivity index (χ0v) is 22.7. The lowest BCUT2D eigenvalue weighted by Gasteiger charge is -2.14. The number of rotatable bonds is 11. The molecule has 39 heavy (non-hydrogen) atoms. The minimum atomic E-state index is -4.36. The molecule has 0 atom stereocenters. The van der Waals surface area contributed by atoms with Crippen molar-refractivity contribution in [3.8, 4) is 0 Å². The van der Waals surface area contributed by atoms with Crippen molar-refractivity contribution >= 4 is 11.3 Å². The predicted octanol–water partition coefficient (Wildman–Crippen LogP) is 8.51. The molecule has 0 aliphatic rings. The van der Waals surface area contributed by atoms with Crippen molar-refractivity contribution in [2.24, 2.45) is 5.73 Å². The van der Waals surface area contributed by atoms with Crippen LogP contribution < -0.4 is 16.4 Å². The number of anilines is 1. The van der Waals surface area contributed by atoms with E-state index in [1.165, 1.54) is 11.6 Å². The molecule has 3 rings (SSSR count). The molecule has 6 heteroatoms. The van der Waals surface area contributed by atoms with E-state index in [0.29, 0.717) is 24.5 Å². The summed E-state index contributed by atoms with van der Waals surface area (Å²) in [6.45, 7) is 11.0. The Morgan fingerprint density at radius 3 is 2.21 bits per heavy atom. The first-order valence-corrected chi connectivity index (χ1v) is 12.9. The van der Waals surface area contributed by atoms with Gasteiger partial charge in [-0.2, -0.15) is 13.2 Å². The molecule has 0 heterocycles. The smallest absolute Gasteiger partial charge is 0.399 e.